The van der Waals surface area contributed by atoms with Gasteiger partial charge >= 0.3 is 0 Å². The molecule has 0 heterocycles. The average molecular weight is 314 g/mol. The van der Waals surface area contributed by atoms with Gasteiger partial charge in [-0.25, -0.2) is 4.21 Å². The van der Waals surface area contributed by atoms with E-state index < -0.39 is 10.8 Å². The van der Waals surface area contributed by atoms with Crippen molar-refractivity contribution in [1.82, 2.24) is 0 Å². The lowest BCUT2D eigenvalue weighted by molar-refractivity contribution is -0.120. The van der Waals surface area contributed by atoms with Gasteiger partial charge in [0.15, 0.2) is 0 Å². The molecule has 0 amide bonds. The Morgan fingerprint density at radius 1 is 1.09 bits per heavy atom. The number of hydrogen-bond acceptors (Lipinski definition) is 2. The van der Waals surface area contributed by atoms with Crippen molar-refractivity contribution < 1.29 is 9.00 Å². The zero-order valence-corrected chi connectivity index (χ0v) is 14.2. The van der Waals surface area contributed by atoms with Gasteiger partial charge in [-0.3, -0.25) is 4.79 Å². The number of rotatable bonds is 6. The Hall–Kier alpha value is -1.74. The van der Waals surface area contributed by atoms with Crippen LogP contribution in [0.3, 0.4) is 0 Å². The van der Waals surface area contributed by atoms with Crippen LogP contribution in [0.4, 0.5) is 0 Å². The van der Waals surface area contributed by atoms with Crippen LogP contribution in [0.2, 0.25) is 0 Å². The molecule has 2 rings (SSSR count). The van der Waals surface area contributed by atoms with Crippen molar-refractivity contribution in [2.24, 2.45) is 0 Å². The van der Waals surface area contributed by atoms with E-state index in [9.17, 15) is 9.00 Å². The summed E-state index contributed by atoms with van der Waals surface area (Å²) in [4.78, 5) is 13.7. The number of ketones is 1. The standard InChI is InChI=1S/C19H22O2S/c1-4-7-18(20)15(3)17-8-5-6-9-19(17)22(21)16-12-10-14(2)11-13-16/h5-6,8-13,15H,4,7H2,1-3H3/t15-,22+/m1/s1. The van der Waals surface area contributed by atoms with Gasteiger partial charge < -0.3 is 0 Å². The lowest BCUT2D eigenvalue weighted by Gasteiger charge is -2.15. The zero-order chi connectivity index (χ0) is 16.1. The van der Waals surface area contributed by atoms with Gasteiger partial charge in [-0.2, -0.15) is 0 Å². The fourth-order valence-corrected chi connectivity index (χ4v) is 3.73. The summed E-state index contributed by atoms with van der Waals surface area (Å²) in [5.41, 5.74) is 2.01. The normalized spacial score (nSPS) is 13.6. The second-order valence-electron chi connectivity index (χ2n) is 5.56. The molecule has 0 aliphatic heterocycles. The first-order chi connectivity index (χ1) is 10.5. The molecular weight excluding hydrogens is 292 g/mol. The van der Waals surface area contributed by atoms with E-state index in [1.807, 2.05) is 69.3 Å². The molecular formula is C19H22O2S. The Balaban J connectivity index is 2.37. The van der Waals surface area contributed by atoms with Crippen molar-refractivity contribution >= 4 is 16.6 Å². The zero-order valence-electron chi connectivity index (χ0n) is 13.3. The van der Waals surface area contributed by atoms with E-state index in [-0.39, 0.29) is 11.7 Å². The molecule has 2 aromatic rings. The van der Waals surface area contributed by atoms with Crippen LogP contribution in [-0.2, 0) is 15.6 Å². The van der Waals surface area contributed by atoms with Crippen molar-refractivity contribution in [1.29, 1.82) is 0 Å². The molecule has 0 N–H and O–H groups in total. The molecule has 0 saturated heterocycles. The van der Waals surface area contributed by atoms with E-state index in [0.29, 0.717) is 6.42 Å². The van der Waals surface area contributed by atoms with Gasteiger partial charge in [0.1, 0.15) is 5.78 Å². The number of carbonyl (C=O) groups excluding carboxylic acids is 1. The molecule has 2 aromatic carbocycles. The minimum Gasteiger partial charge on any atom is -0.299 e. The Labute approximate surface area is 135 Å². The first kappa shape index (κ1) is 16.6. The Kier molecular flexibility index (Phi) is 5.67. The van der Waals surface area contributed by atoms with Crippen LogP contribution in [0.1, 0.15) is 43.7 Å². The predicted octanol–water partition coefficient (Wildman–Crippen LogP) is 4.63. The number of hydrogen-bond donors (Lipinski definition) is 0. The van der Waals surface area contributed by atoms with Gasteiger partial charge in [0.25, 0.3) is 0 Å². The van der Waals surface area contributed by atoms with Gasteiger partial charge in [0.05, 0.1) is 10.8 Å². The minimum atomic E-state index is -1.26. The number of carbonyl (C=O) groups is 1. The second-order valence-corrected chi connectivity index (χ2v) is 7.01. The van der Waals surface area contributed by atoms with Gasteiger partial charge in [-0.1, -0.05) is 49.7 Å². The largest absolute Gasteiger partial charge is 0.299 e. The van der Waals surface area contributed by atoms with E-state index in [0.717, 1.165) is 27.3 Å². The lowest BCUT2D eigenvalue weighted by atomic mass is 9.94. The van der Waals surface area contributed by atoms with Crippen molar-refractivity contribution in [2.75, 3.05) is 0 Å². The van der Waals surface area contributed by atoms with Crippen molar-refractivity contribution in [3.63, 3.8) is 0 Å². The molecule has 0 saturated carbocycles. The molecule has 0 spiro atoms. The summed E-state index contributed by atoms with van der Waals surface area (Å²) in [6, 6.07) is 15.3. The number of aryl methyl sites for hydroxylation is 1. The summed E-state index contributed by atoms with van der Waals surface area (Å²) in [5, 5.41) is 0. The van der Waals surface area contributed by atoms with E-state index in [2.05, 4.69) is 0 Å². The van der Waals surface area contributed by atoms with Gasteiger partial charge in [0, 0.05) is 22.1 Å². The molecule has 0 aromatic heterocycles. The van der Waals surface area contributed by atoms with Gasteiger partial charge in [-0.15, -0.1) is 0 Å². The molecule has 0 aliphatic carbocycles. The first-order valence-corrected chi connectivity index (χ1v) is 8.79. The van der Waals surface area contributed by atoms with E-state index in [4.69, 9.17) is 0 Å². The minimum absolute atomic E-state index is 0.204. The summed E-state index contributed by atoms with van der Waals surface area (Å²) in [7, 11) is -1.26. The topological polar surface area (TPSA) is 34.1 Å². The highest BCUT2D eigenvalue weighted by Gasteiger charge is 2.20. The maximum atomic E-state index is 12.9. The monoisotopic (exact) mass is 314 g/mol. The van der Waals surface area contributed by atoms with Crippen molar-refractivity contribution in [3.05, 3.63) is 59.7 Å². The van der Waals surface area contributed by atoms with E-state index >= 15 is 0 Å². The molecule has 0 radical (unpaired) electrons. The quantitative estimate of drug-likeness (QED) is 0.778. The summed E-state index contributed by atoms with van der Waals surface area (Å²) < 4.78 is 12.9. The fraction of sp³-hybridized carbons (Fsp3) is 0.316. The molecule has 0 fully saturated rings. The van der Waals surface area contributed by atoms with Crippen LogP contribution in [-0.4, -0.2) is 9.99 Å². The van der Waals surface area contributed by atoms with Crippen LogP contribution in [0.25, 0.3) is 0 Å². The third-order valence-electron chi connectivity index (χ3n) is 3.80. The second kappa shape index (κ2) is 7.50. The molecule has 22 heavy (non-hydrogen) atoms. The smallest absolute Gasteiger partial charge is 0.140 e. The highest BCUT2D eigenvalue weighted by molar-refractivity contribution is 7.85. The van der Waals surface area contributed by atoms with Crippen LogP contribution in [0.5, 0.6) is 0 Å². The van der Waals surface area contributed by atoms with E-state index in [1.165, 1.54) is 0 Å². The maximum absolute atomic E-state index is 12.9. The number of benzene rings is 2. The Bertz CT molecular complexity index is 674. The van der Waals surface area contributed by atoms with Gasteiger partial charge in [-0.05, 0) is 37.1 Å². The third-order valence-corrected chi connectivity index (χ3v) is 5.27. The molecule has 2 nitrogen and oxygen atoms in total. The summed E-state index contributed by atoms with van der Waals surface area (Å²) >= 11 is 0. The molecule has 0 bridgehead atoms. The molecule has 0 unspecified atom stereocenters. The number of Topliss-reactive ketones (excluding diaryl/α,β-unsaturated/α-hetero) is 1. The predicted molar refractivity (Wildman–Crippen MR) is 90.6 cm³/mol. The Morgan fingerprint density at radius 2 is 1.73 bits per heavy atom. The highest BCUT2D eigenvalue weighted by Crippen LogP contribution is 2.27. The van der Waals surface area contributed by atoms with Crippen LogP contribution in [0.15, 0.2) is 58.3 Å². The summed E-state index contributed by atoms with van der Waals surface area (Å²) in [6.07, 6.45) is 1.40. The third kappa shape index (κ3) is 3.72. The van der Waals surface area contributed by atoms with Crippen molar-refractivity contribution in [2.45, 2.75) is 49.3 Å². The maximum Gasteiger partial charge on any atom is 0.140 e. The van der Waals surface area contributed by atoms with Crippen LogP contribution >= 0.6 is 0 Å². The first-order valence-electron chi connectivity index (χ1n) is 7.64. The fourth-order valence-electron chi connectivity index (χ4n) is 2.43. The van der Waals surface area contributed by atoms with Crippen molar-refractivity contribution in [3.8, 4) is 0 Å². The van der Waals surface area contributed by atoms with Crippen LogP contribution < -0.4 is 0 Å². The molecule has 116 valence electrons. The average Bonchev–Trinajstić information content (AvgIpc) is 2.54. The molecule has 3 heteroatoms. The van der Waals surface area contributed by atoms with Crippen LogP contribution in [0, 0.1) is 6.92 Å². The lowest BCUT2D eigenvalue weighted by Crippen LogP contribution is -2.11. The Morgan fingerprint density at radius 3 is 2.36 bits per heavy atom. The van der Waals surface area contributed by atoms with E-state index in [1.54, 1.807) is 0 Å². The highest BCUT2D eigenvalue weighted by atomic mass is 32.2. The SMILES string of the molecule is CCCC(=O)[C@H](C)c1ccccc1[S@@](=O)c1ccc(C)cc1. The molecule has 0 aliphatic rings. The summed E-state index contributed by atoms with van der Waals surface area (Å²) in [5.74, 6) is -0.0126. The summed E-state index contributed by atoms with van der Waals surface area (Å²) in [6.45, 7) is 5.91. The molecule has 2 atom stereocenters. The van der Waals surface area contributed by atoms with Gasteiger partial charge in [0.2, 0.25) is 0 Å².